The van der Waals surface area contributed by atoms with Crippen molar-refractivity contribution >= 4 is 0 Å². The van der Waals surface area contributed by atoms with E-state index in [0.717, 1.165) is 19.4 Å². The Hall–Kier alpha value is -2.08. The van der Waals surface area contributed by atoms with Gasteiger partial charge in [0.15, 0.2) is 0 Å². The number of imidazole rings is 1. The average Bonchev–Trinajstić information content (AvgIpc) is 2.85. The monoisotopic (exact) mass is 225 g/mol. The van der Waals surface area contributed by atoms with Crippen LogP contribution in [0.4, 0.5) is 0 Å². The lowest BCUT2D eigenvalue weighted by atomic mass is 10.1. The second kappa shape index (κ2) is 5.86. The predicted molar refractivity (Wildman–Crippen MR) is 66.3 cm³/mol. The van der Waals surface area contributed by atoms with E-state index >= 15 is 0 Å². The Morgan fingerprint density at radius 2 is 1.94 bits per heavy atom. The van der Waals surface area contributed by atoms with Crippen molar-refractivity contribution in [1.82, 2.24) is 9.55 Å². The Balaban J connectivity index is 1.91. The molecule has 17 heavy (non-hydrogen) atoms. The molecule has 86 valence electrons. The highest BCUT2D eigenvalue weighted by molar-refractivity contribution is 5.23. The van der Waals surface area contributed by atoms with Gasteiger partial charge in [-0.2, -0.15) is 5.26 Å². The molecule has 1 aromatic heterocycles. The number of aryl methyl sites for hydroxylation is 1. The minimum Gasteiger partial charge on any atom is -0.333 e. The first kappa shape index (κ1) is 11.4. The SMILES string of the molecule is N#CCCCc1ccc(Cn2ccnc2)cc1. The van der Waals surface area contributed by atoms with Gasteiger partial charge in [0.1, 0.15) is 0 Å². The number of nitriles is 1. The molecule has 1 aromatic carbocycles. The second-order valence-electron chi connectivity index (χ2n) is 4.06. The van der Waals surface area contributed by atoms with Crippen LogP contribution in [0.2, 0.25) is 0 Å². The van der Waals surface area contributed by atoms with Crippen LogP contribution in [-0.4, -0.2) is 9.55 Å². The van der Waals surface area contributed by atoms with Crippen LogP contribution in [0.25, 0.3) is 0 Å². The van der Waals surface area contributed by atoms with Crippen molar-refractivity contribution < 1.29 is 0 Å². The normalized spacial score (nSPS) is 10.1. The van der Waals surface area contributed by atoms with Gasteiger partial charge >= 0.3 is 0 Å². The van der Waals surface area contributed by atoms with Crippen molar-refractivity contribution in [2.24, 2.45) is 0 Å². The van der Waals surface area contributed by atoms with Crippen molar-refractivity contribution in [1.29, 1.82) is 5.26 Å². The summed E-state index contributed by atoms with van der Waals surface area (Å²) in [6, 6.07) is 10.7. The third kappa shape index (κ3) is 3.46. The molecule has 3 nitrogen and oxygen atoms in total. The van der Waals surface area contributed by atoms with E-state index in [4.69, 9.17) is 5.26 Å². The number of benzene rings is 1. The summed E-state index contributed by atoms with van der Waals surface area (Å²) in [6.07, 6.45) is 8.13. The fraction of sp³-hybridized carbons (Fsp3) is 0.286. The maximum absolute atomic E-state index is 8.47. The van der Waals surface area contributed by atoms with Crippen LogP contribution < -0.4 is 0 Å². The van der Waals surface area contributed by atoms with Crippen molar-refractivity contribution in [3.8, 4) is 6.07 Å². The number of rotatable bonds is 5. The molecule has 0 atom stereocenters. The Morgan fingerprint density at radius 1 is 1.18 bits per heavy atom. The van der Waals surface area contributed by atoms with Crippen LogP contribution >= 0.6 is 0 Å². The van der Waals surface area contributed by atoms with E-state index < -0.39 is 0 Å². The molecule has 0 fully saturated rings. The molecule has 3 heteroatoms. The van der Waals surface area contributed by atoms with Gasteiger partial charge in [0, 0.05) is 25.4 Å². The van der Waals surface area contributed by atoms with Gasteiger partial charge in [-0.25, -0.2) is 4.98 Å². The van der Waals surface area contributed by atoms with Crippen molar-refractivity contribution in [3.05, 3.63) is 54.1 Å². The van der Waals surface area contributed by atoms with Crippen LogP contribution in [0.1, 0.15) is 24.0 Å². The number of hydrogen-bond acceptors (Lipinski definition) is 2. The van der Waals surface area contributed by atoms with Gasteiger partial charge in [-0.1, -0.05) is 24.3 Å². The molecule has 0 unspecified atom stereocenters. The van der Waals surface area contributed by atoms with Gasteiger partial charge in [-0.15, -0.1) is 0 Å². The molecular weight excluding hydrogens is 210 g/mol. The number of unbranched alkanes of at least 4 members (excludes halogenated alkanes) is 1. The highest BCUT2D eigenvalue weighted by Gasteiger charge is 1.96. The van der Waals surface area contributed by atoms with E-state index in [1.807, 2.05) is 17.1 Å². The summed E-state index contributed by atoms with van der Waals surface area (Å²) in [4.78, 5) is 4.02. The zero-order valence-corrected chi connectivity index (χ0v) is 9.71. The van der Waals surface area contributed by atoms with Gasteiger partial charge in [-0.3, -0.25) is 0 Å². The molecule has 0 aliphatic heterocycles. The van der Waals surface area contributed by atoms with E-state index in [1.165, 1.54) is 11.1 Å². The topological polar surface area (TPSA) is 41.6 Å². The van der Waals surface area contributed by atoms with Crippen LogP contribution in [-0.2, 0) is 13.0 Å². The molecule has 0 N–H and O–H groups in total. The summed E-state index contributed by atoms with van der Waals surface area (Å²) in [5.41, 5.74) is 2.57. The zero-order chi connectivity index (χ0) is 11.9. The van der Waals surface area contributed by atoms with Gasteiger partial charge < -0.3 is 4.57 Å². The van der Waals surface area contributed by atoms with E-state index in [-0.39, 0.29) is 0 Å². The maximum Gasteiger partial charge on any atom is 0.0949 e. The maximum atomic E-state index is 8.47. The summed E-state index contributed by atoms with van der Waals surface area (Å²) < 4.78 is 2.05. The Morgan fingerprint density at radius 3 is 2.59 bits per heavy atom. The number of hydrogen-bond donors (Lipinski definition) is 0. The molecule has 0 spiro atoms. The third-order valence-corrected chi connectivity index (χ3v) is 2.70. The van der Waals surface area contributed by atoms with Gasteiger partial charge in [0.25, 0.3) is 0 Å². The summed E-state index contributed by atoms with van der Waals surface area (Å²) in [6.45, 7) is 0.860. The van der Waals surface area contributed by atoms with Crippen LogP contribution in [0.5, 0.6) is 0 Å². The van der Waals surface area contributed by atoms with Crippen LogP contribution in [0.3, 0.4) is 0 Å². The Kier molecular flexibility index (Phi) is 3.93. The highest BCUT2D eigenvalue weighted by atomic mass is 15.0. The first-order valence-corrected chi connectivity index (χ1v) is 5.79. The molecule has 0 saturated carbocycles. The summed E-state index contributed by atoms with van der Waals surface area (Å²) in [7, 11) is 0. The van der Waals surface area contributed by atoms with Crippen LogP contribution in [0, 0.1) is 11.3 Å². The van der Waals surface area contributed by atoms with Gasteiger partial charge in [-0.05, 0) is 24.0 Å². The molecular formula is C14H15N3. The van der Waals surface area contributed by atoms with Crippen molar-refractivity contribution in [3.63, 3.8) is 0 Å². The highest BCUT2D eigenvalue weighted by Crippen LogP contribution is 2.09. The van der Waals surface area contributed by atoms with E-state index in [1.54, 1.807) is 6.20 Å². The standard InChI is InChI=1S/C14H15N3/c15-8-2-1-3-13-4-6-14(7-5-13)11-17-10-9-16-12-17/h4-7,9-10,12H,1-3,11H2. The molecule has 2 aromatic rings. The average molecular weight is 225 g/mol. The predicted octanol–water partition coefficient (Wildman–Crippen LogP) is 2.78. The van der Waals surface area contributed by atoms with Gasteiger partial charge in [0.2, 0.25) is 0 Å². The summed E-state index contributed by atoms with van der Waals surface area (Å²) in [5, 5.41) is 8.47. The van der Waals surface area contributed by atoms with E-state index in [2.05, 4.69) is 35.3 Å². The van der Waals surface area contributed by atoms with Crippen LogP contribution in [0.15, 0.2) is 43.0 Å². The smallest absolute Gasteiger partial charge is 0.0949 e. The molecule has 0 saturated heterocycles. The minimum absolute atomic E-state index is 0.636. The van der Waals surface area contributed by atoms with Crippen molar-refractivity contribution in [2.75, 3.05) is 0 Å². The third-order valence-electron chi connectivity index (χ3n) is 2.70. The number of nitrogens with zero attached hydrogens (tertiary/aromatic N) is 3. The second-order valence-corrected chi connectivity index (χ2v) is 4.06. The first-order chi connectivity index (χ1) is 8.38. The Labute approximate surface area is 101 Å². The quantitative estimate of drug-likeness (QED) is 0.734. The zero-order valence-electron chi connectivity index (χ0n) is 9.71. The first-order valence-electron chi connectivity index (χ1n) is 5.79. The molecule has 0 aliphatic carbocycles. The molecule has 0 bridgehead atoms. The molecule has 0 amide bonds. The lowest BCUT2D eigenvalue weighted by molar-refractivity contribution is 0.795. The summed E-state index contributed by atoms with van der Waals surface area (Å²) >= 11 is 0. The lowest BCUT2D eigenvalue weighted by Gasteiger charge is -2.04. The van der Waals surface area contributed by atoms with Gasteiger partial charge in [0.05, 0.1) is 12.4 Å². The van der Waals surface area contributed by atoms with E-state index in [9.17, 15) is 0 Å². The largest absolute Gasteiger partial charge is 0.333 e. The number of aromatic nitrogens is 2. The van der Waals surface area contributed by atoms with Crippen molar-refractivity contribution in [2.45, 2.75) is 25.8 Å². The fourth-order valence-electron chi connectivity index (χ4n) is 1.77. The minimum atomic E-state index is 0.636. The summed E-state index contributed by atoms with van der Waals surface area (Å²) in [5.74, 6) is 0. The fourth-order valence-corrected chi connectivity index (χ4v) is 1.77. The lowest BCUT2D eigenvalue weighted by Crippen LogP contribution is -1.96. The molecule has 0 radical (unpaired) electrons. The molecule has 0 aliphatic rings. The van der Waals surface area contributed by atoms with E-state index in [0.29, 0.717) is 6.42 Å². The molecule has 2 rings (SSSR count). The molecule has 1 heterocycles. The Bertz CT molecular complexity index is 477.